The smallest absolute Gasteiger partial charge is 0.258 e. The number of amides is 1. The average Bonchev–Trinajstić information content (AvgIpc) is 2.92. The molecule has 1 amide bonds. The molecule has 27 heavy (non-hydrogen) atoms. The van der Waals surface area contributed by atoms with E-state index in [2.05, 4.69) is 6.92 Å². The Kier molecular flexibility index (Phi) is 9.23. The highest BCUT2D eigenvalue weighted by Crippen LogP contribution is 2.28. The lowest BCUT2D eigenvalue weighted by atomic mass is 10.1. The summed E-state index contributed by atoms with van der Waals surface area (Å²) >= 11 is 0. The molecule has 0 unspecified atom stereocenters. The molecule has 150 valence electrons. The fourth-order valence-electron chi connectivity index (χ4n) is 3.50. The summed E-state index contributed by atoms with van der Waals surface area (Å²) < 4.78 is 5.85. The van der Waals surface area contributed by atoms with Crippen LogP contribution in [0, 0.1) is 0 Å². The lowest BCUT2D eigenvalue weighted by Gasteiger charge is -2.10. The predicted octanol–water partition coefficient (Wildman–Crippen LogP) is 5.73. The monoisotopic (exact) mass is 373 g/mol. The highest BCUT2D eigenvalue weighted by atomic mass is 16.5. The van der Waals surface area contributed by atoms with Crippen molar-refractivity contribution < 1.29 is 14.6 Å². The van der Waals surface area contributed by atoms with Gasteiger partial charge >= 0.3 is 0 Å². The molecule has 2 rings (SSSR count). The molecule has 0 saturated carbocycles. The van der Waals surface area contributed by atoms with Gasteiger partial charge < -0.3 is 14.7 Å². The Hall–Kier alpha value is -1.97. The number of nitrogens with zero attached hydrogens (tertiary/aromatic N) is 1. The summed E-state index contributed by atoms with van der Waals surface area (Å²) in [5.74, 6) is 0.750. The maximum Gasteiger partial charge on any atom is 0.258 e. The Morgan fingerprint density at radius 3 is 2.22 bits per heavy atom. The Bertz CT molecular complexity index is 624. The molecule has 1 N–H and O–H groups in total. The third kappa shape index (κ3) is 6.93. The van der Waals surface area contributed by atoms with Gasteiger partial charge in [-0.15, -0.1) is 0 Å². The summed E-state index contributed by atoms with van der Waals surface area (Å²) in [6.07, 6.45) is 13.0. The third-order valence-corrected chi connectivity index (χ3v) is 5.13. The van der Waals surface area contributed by atoms with Crippen molar-refractivity contribution in [1.29, 1.82) is 0 Å². The summed E-state index contributed by atoms with van der Waals surface area (Å²) in [6, 6.07) is 7.46. The number of rotatable bonds is 13. The van der Waals surface area contributed by atoms with Gasteiger partial charge in [0.25, 0.3) is 5.91 Å². The first-order valence-electron chi connectivity index (χ1n) is 10.5. The van der Waals surface area contributed by atoms with E-state index in [1.54, 1.807) is 7.05 Å². The van der Waals surface area contributed by atoms with E-state index in [0.717, 1.165) is 17.7 Å². The molecular formula is C23H35NO3. The summed E-state index contributed by atoms with van der Waals surface area (Å²) in [7, 11) is 1.69. The van der Waals surface area contributed by atoms with Crippen molar-refractivity contribution in [3.8, 4) is 5.75 Å². The van der Waals surface area contributed by atoms with E-state index in [1.165, 1.54) is 62.7 Å². The van der Waals surface area contributed by atoms with Crippen LogP contribution in [0.3, 0.4) is 0 Å². The van der Waals surface area contributed by atoms with Gasteiger partial charge in [-0.25, -0.2) is 0 Å². The van der Waals surface area contributed by atoms with Gasteiger partial charge in [0, 0.05) is 7.05 Å². The van der Waals surface area contributed by atoms with Crippen LogP contribution in [0.15, 0.2) is 30.0 Å². The van der Waals surface area contributed by atoms with Crippen LogP contribution in [0.25, 0.3) is 5.57 Å². The maximum absolute atomic E-state index is 12.2. The first-order chi connectivity index (χ1) is 13.1. The van der Waals surface area contributed by atoms with Crippen LogP contribution in [0.2, 0.25) is 0 Å². The lowest BCUT2D eigenvalue weighted by molar-refractivity contribution is -0.122. The van der Waals surface area contributed by atoms with E-state index in [0.29, 0.717) is 12.2 Å². The van der Waals surface area contributed by atoms with Crippen LogP contribution in [0.1, 0.15) is 76.7 Å². The third-order valence-electron chi connectivity index (χ3n) is 5.13. The van der Waals surface area contributed by atoms with Gasteiger partial charge in [-0.2, -0.15) is 0 Å². The molecule has 4 nitrogen and oxygen atoms in total. The molecule has 0 atom stereocenters. The van der Waals surface area contributed by atoms with E-state index in [4.69, 9.17) is 4.74 Å². The first-order valence-corrected chi connectivity index (χ1v) is 10.5. The molecule has 1 aliphatic heterocycles. The quantitative estimate of drug-likeness (QED) is 0.449. The molecule has 1 aliphatic rings. The van der Waals surface area contributed by atoms with Crippen LogP contribution in [-0.4, -0.2) is 36.1 Å². The zero-order valence-corrected chi connectivity index (χ0v) is 17.0. The van der Waals surface area contributed by atoms with Gasteiger partial charge in [0.15, 0.2) is 0 Å². The van der Waals surface area contributed by atoms with Crippen molar-refractivity contribution in [2.24, 2.45) is 0 Å². The number of hydrogen-bond donors (Lipinski definition) is 1. The molecule has 0 saturated heterocycles. The summed E-state index contributed by atoms with van der Waals surface area (Å²) in [4.78, 5) is 13.7. The average molecular weight is 374 g/mol. The highest BCUT2D eigenvalue weighted by molar-refractivity contribution is 6.22. The number of aliphatic hydroxyl groups is 1. The van der Waals surface area contributed by atoms with Crippen molar-refractivity contribution >= 4 is 11.5 Å². The van der Waals surface area contributed by atoms with Crippen molar-refractivity contribution in [3.05, 3.63) is 35.6 Å². The minimum Gasteiger partial charge on any atom is -0.510 e. The SMILES string of the molecule is CCCCCCCCCCCCOc1cccc(C2=C(O)CN(C)C2=O)c1. The highest BCUT2D eigenvalue weighted by Gasteiger charge is 2.28. The van der Waals surface area contributed by atoms with Gasteiger partial charge in [-0.05, 0) is 24.1 Å². The second kappa shape index (κ2) is 11.7. The van der Waals surface area contributed by atoms with Crippen LogP contribution in [0.4, 0.5) is 0 Å². The van der Waals surface area contributed by atoms with Gasteiger partial charge in [-0.3, -0.25) is 4.79 Å². The molecular weight excluding hydrogens is 338 g/mol. The fourth-order valence-corrected chi connectivity index (χ4v) is 3.50. The van der Waals surface area contributed by atoms with Crippen molar-refractivity contribution in [2.45, 2.75) is 71.1 Å². The van der Waals surface area contributed by atoms with E-state index < -0.39 is 0 Å². The number of likely N-dealkylation sites (N-methyl/N-ethyl adjacent to an activating group) is 1. The Balaban J connectivity index is 1.63. The van der Waals surface area contributed by atoms with E-state index in [1.807, 2.05) is 24.3 Å². The van der Waals surface area contributed by atoms with Crippen LogP contribution in [0.5, 0.6) is 5.75 Å². The Morgan fingerprint density at radius 1 is 1.00 bits per heavy atom. The number of benzene rings is 1. The number of ether oxygens (including phenoxy) is 1. The van der Waals surface area contributed by atoms with Crippen molar-refractivity contribution in [2.75, 3.05) is 20.2 Å². The zero-order chi connectivity index (χ0) is 19.5. The number of hydrogen-bond acceptors (Lipinski definition) is 3. The first kappa shape index (κ1) is 21.3. The molecule has 1 aromatic carbocycles. The fraction of sp³-hybridized carbons (Fsp3) is 0.609. The second-order valence-electron chi connectivity index (χ2n) is 7.54. The molecule has 0 fully saturated rings. The minimum atomic E-state index is -0.139. The van der Waals surface area contributed by atoms with E-state index >= 15 is 0 Å². The van der Waals surface area contributed by atoms with Crippen LogP contribution < -0.4 is 4.74 Å². The van der Waals surface area contributed by atoms with Crippen molar-refractivity contribution in [1.82, 2.24) is 4.90 Å². The second-order valence-corrected chi connectivity index (χ2v) is 7.54. The van der Waals surface area contributed by atoms with E-state index in [-0.39, 0.29) is 18.2 Å². The van der Waals surface area contributed by atoms with Crippen LogP contribution >= 0.6 is 0 Å². The van der Waals surface area contributed by atoms with Gasteiger partial charge in [0.1, 0.15) is 11.5 Å². The predicted molar refractivity (Wildman–Crippen MR) is 111 cm³/mol. The number of aliphatic hydroxyl groups excluding tert-OH is 1. The Labute approximate surface area is 164 Å². The van der Waals surface area contributed by atoms with E-state index in [9.17, 15) is 9.90 Å². The maximum atomic E-state index is 12.2. The van der Waals surface area contributed by atoms with Gasteiger partial charge in [0.2, 0.25) is 0 Å². The summed E-state index contributed by atoms with van der Waals surface area (Å²) in [5, 5.41) is 10.0. The van der Waals surface area contributed by atoms with Gasteiger partial charge in [0.05, 0.1) is 18.7 Å². The topological polar surface area (TPSA) is 49.8 Å². The number of unbranched alkanes of at least 4 members (excludes halogenated alkanes) is 9. The van der Waals surface area contributed by atoms with Gasteiger partial charge in [-0.1, -0.05) is 76.8 Å². The van der Waals surface area contributed by atoms with Crippen LogP contribution in [-0.2, 0) is 4.79 Å². The molecule has 1 aromatic rings. The standard InChI is InChI=1S/C23H35NO3/c1-3-4-5-6-7-8-9-10-11-12-16-27-20-15-13-14-19(17-20)22-21(25)18-24(2)23(22)26/h13-15,17,25H,3-12,16,18H2,1-2H3. The molecule has 1 heterocycles. The van der Waals surface area contributed by atoms with Crippen molar-refractivity contribution in [3.63, 3.8) is 0 Å². The molecule has 0 bridgehead atoms. The largest absolute Gasteiger partial charge is 0.510 e. The molecule has 4 heteroatoms. The zero-order valence-electron chi connectivity index (χ0n) is 17.0. The molecule has 0 radical (unpaired) electrons. The molecule has 0 aliphatic carbocycles. The summed E-state index contributed by atoms with van der Waals surface area (Å²) in [6.45, 7) is 3.23. The number of carbonyl (C=O) groups is 1. The molecule has 0 spiro atoms. The Morgan fingerprint density at radius 2 is 1.63 bits per heavy atom. The normalized spacial score (nSPS) is 14.3. The summed E-state index contributed by atoms with van der Waals surface area (Å²) in [5.41, 5.74) is 1.12. The lowest BCUT2D eigenvalue weighted by Crippen LogP contribution is -2.21. The number of carbonyl (C=O) groups excluding carboxylic acids is 1. The minimum absolute atomic E-state index is 0.134. The molecule has 0 aromatic heterocycles.